The third kappa shape index (κ3) is 5.14. The van der Waals surface area contributed by atoms with Crippen molar-refractivity contribution in [2.75, 3.05) is 18.1 Å². The van der Waals surface area contributed by atoms with E-state index in [0.717, 1.165) is 11.6 Å². The summed E-state index contributed by atoms with van der Waals surface area (Å²) in [6, 6.07) is 14.0. The van der Waals surface area contributed by atoms with Gasteiger partial charge in [-0.15, -0.1) is 0 Å². The number of esters is 1. The number of carbonyl (C=O) groups is 3. The van der Waals surface area contributed by atoms with Crippen molar-refractivity contribution < 1.29 is 62.9 Å². The van der Waals surface area contributed by atoms with E-state index in [1.807, 2.05) is 30.3 Å². The topological polar surface area (TPSA) is 99.2 Å². The van der Waals surface area contributed by atoms with Crippen LogP contribution in [-0.4, -0.2) is 47.6 Å². The molecular weight excluding hydrogens is 478 g/mol. The quantitative estimate of drug-likeness (QED) is 0.321. The second-order valence-electron chi connectivity index (χ2n) is 8.61. The van der Waals surface area contributed by atoms with E-state index in [2.05, 4.69) is 0 Å². The minimum absolute atomic E-state index is 0. The van der Waals surface area contributed by atoms with Crippen molar-refractivity contribution in [2.24, 2.45) is 0 Å². The standard InChI is InChI=1S/C26H27FN2O6.Na/c1-3-34-24(32)21-22(30)26(29(23(21)31)20-11-7-10-19(27)14-20)12-13-28(17(2)15-26)25(33)35-16-18-8-5-4-6-9-18;/h4-11,14,17,30H,3,12-13,15-16H2,1-2H3;/q;+1/p-1/t17-,26+;/m0./s1. The number of anilines is 1. The van der Waals surface area contributed by atoms with Crippen molar-refractivity contribution >= 4 is 23.7 Å². The van der Waals surface area contributed by atoms with Gasteiger partial charge in [0.2, 0.25) is 0 Å². The molecule has 2 aromatic carbocycles. The van der Waals surface area contributed by atoms with Gasteiger partial charge in [0.05, 0.1) is 12.1 Å². The Balaban J connectivity index is 0.00000361. The van der Waals surface area contributed by atoms with Gasteiger partial charge in [-0.3, -0.25) is 9.69 Å². The summed E-state index contributed by atoms with van der Waals surface area (Å²) in [5.74, 6) is -3.09. The van der Waals surface area contributed by atoms with Gasteiger partial charge in [0.15, 0.2) is 0 Å². The molecule has 184 valence electrons. The Kier molecular flexibility index (Phi) is 8.81. The number of benzene rings is 2. The van der Waals surface area contributed by atoms with Gasteiger partial charge in [-0.25, -0.2) is 14.0 Å². The third-order valence-corrected chi connectivity index (χ3v) is 6.41. The van der Waals surface area contributed by atoms with Crippen molar-refractivity contribution in [3.8, 4) is 0 Å². The van der Waals surface area contributed by atoms with Crippen molar-refractivity contribution in [2.45, 2.75) is 44.9 Å². The van der Waals surface area contributed by atoms with Crippen molar-refractivity contribution in [1.82, 2.24) is 4.90 Å². The summed E-state index contributed by atoms with van der Waals surface area (Å²) in [4.78, 5) is 41.3. The molecule has 1 fully saturated rings. The SMILES string of the molecule is CCOC(=O)C1=C([O-])[C@]2(CCN(C(=O)OCc3ccccc3)[C@@H](C)C2)N(c2cccc(F)c2)C1=O.[Na+]. The number of nitrogens with zero attached hydrogens (tertiary/aromatic N) is 2. The molecule has 2 amide bonds. The van der Waals surface area contributed by atoms with Crippen LogP contribution in [0.15, 0.2) is 65.9 Å². The number of hydrogen-bond donors (Lipinski definition) is 0. The van der Waals surface area contributed by atoms with Crippen LogP contribution in [0, 0.1) is 5.82 Å². The molecule has 2 heterocycles. The number of halogens is 1. The summed E-state index contributed by atoms with van der Waals surface area (Å²) in [6.07, 6.45) is -0.431. The number of carbonyl (C=O) groups excluding carboxylic acids is 3. The minimum atomic E-state index is -1.44. The maximum atomic E-state index is 14.1. The molecule has 8 nitrogen and oxygen atoms in total. The number of hydrogen-bond acceptors (Lipinski definition) is 6. The first-order valence-corrected chi connectivity index (χ1v) is 11.4. The molecule has 2 aromatic rings. The van der Waals surface area contributed by atoms with E-state index in [4.69, 9.17) is 9.47 Å². The van der Waals surface area contributed by atoms with Crippen molar-refractivity contribution in [1.29, 1.82) is 0 Å². The second-order valence-corrected chi connectivity index (χ2v) is 8.61. The van der Waals surface area contributed by atoms with Crippen LogP contribution in [0.5, 0.6) is 0 Å². The first-order chi connectivity index (χ1) is 16.8. The van der Waals surface area contributed by atoms with E-state index in [-0.39, 0.29) is 67.8 Å². The smallest absolute Gasteiger partial charge is 0.873 e. The van der Waals surface area contributed by atoms with Gasteiger partial charge in [0, 0.05) is 18.3 Å². The largest absolute Gasteiger partial charge is 1.00 e. The predicted molar refractivity (Wildman–Crippen MR) is 122 cm³/mol. The van der Waals surface area contributed by atoms with Crippen LogP contribution in [0.1, 0.15) is 32.3 Å². The maximum Gasteiger partial charge on any atom is 1.00 e. The molecular formula is C26H26FN2NaO6. The molecule has 0 bridgehead atoms. The average Bonchev–Trinajstić information content (AvgIpc) is 3.04. The molecule has 2 aliphatic rings. The van der Waals surface area contributed by atoms with Gasteiger partial charge in [0.25, 0.3) is 5.91 Å². The Hall–Kier alpha value is -2.88. The van der Waals surface area contributed by atoms with Crippen LogP contribution >= 0.6 is 0 Å². The van der Waals surface area contributed by atoms with Crippen LogP contribution in [0.25, 0.3) is 0 Å². The molecule has 0 radical (unpaired) electrons. The fourth-order valence-corrected chi connectivity index (χ4v) is 4.81. The summed E-state index contributed by atoms with van der Waals surface area (Å²) < 4.78 is 24.5. The first-order valence-electron chi connectivity index (χ1n) is 11.4. The Labute approximate surface area is 231 Å². The molecule has 0 saturated carbocycles. The van der Waals surface area contributed by atoms with Gasteiger partial charge in [-0.2, -0.15) is 0 Å². The number of ether oxygens (including phenoxy) is 2. The molecule has 36 heavy (non-hydrogen) atoms. The van der Waals surface area contributed by atoms with Gasteiger partial charge in [0.1, 0.15) is 18.0 Å². The summed E-state index contributed by atoms with van der Waals surface area (Å²) in [6.45, 7) is 3.52. The first kappa shape index (κ1) is 27.7. The zero-order chi connectivity index (χ0) is 25.2. The predicted octanol–water partition coefficient (Wildman–Crippen LogP) is -0.0863. The normalized spacial score (nSPS) is 21.4. The molecule has 2 aliphatic heterocycles. The average molecular weight is 504 g/mol. The van der Waals surface area contributed by atoms with Crippen molar-refractivity contribution in [3.63, 3.8) is 0 Å². The summed E-state index contributed by atoms with van der Waals surface area (Å²) in [7, 11) is 0. The Morgan fingerprint density at radius 3 is 2.50 bits per heavy atom. The molecule has 0 aromatic heterocycles. The molecule has 1 spiro atoms. The Bertz CT molecular complexity index is 1170. The molecule has 2 atom stereocenters. The van der Waals surface area contributed by atoms with Gasteiger partial charge in [-0.05, 0) is 50.5 Å². The second kappa shape index (κ2) is 11.5. The molecule has 0 N–H and O–H groups in total. The van der Waals surface area contributed by atoms with E-state index in [1.54, 1.807) is 13.8 Å². The van der Waals surface area contributed by atoms with E-state index in [9.17, 15) is 23.9 Å². The van der Waals surface area contributed by atoms with Crippen molar-refractivity contribution in [3.05, 3.63) is 77.3 Å². The Morgan fingerprint density at radius 1 is 1.14 bits per heavy atom. The van der Waals surface area contributed by atoms with E-state index < -0.39 is 46.7 Å². The molecule has 1 saturated heterocycles. The number of piperidine rings is 1. The third-order valence-electron chi connectivity index (χ3n) is 6.41. The fourth-order valence-electron chi connectivity index (χ4n) is 4.81. The summed E-state index contributed by atoms with van der Waals surface area (Å²) in [5.41, 5.74) is -1.02. The zero-order valence-electron chi connectivity index (χ0n) is 20.5. The zero-order valence-corrected chi connectivity index (χ0v) is 22.5. The van der Waals surface area contributed by atoms with Crippen LogP contribution in [-0.2, 0) is 25.7 Å². The van der Waals surface area contributed by atoms with Crippen LogP contribution in [0.4, 0.5) is 14.9 Å². The summed E-state index contributed by atoms with van der Waals surface area (Å²) >= 11 is 0. The monoisotopic (exact) mass is 504 g/mol. The van der Waals surface area contributed by atoms with E-state index in [1.165, 1.54) is 28.0 Å². The van der Waals surface area contributed by atoms with E-state index >= 15 is 0 Å². The van der Waals surface area contributed by atoms with Gasteiger partial charge >= 0.3 is 41.6 Å². The number of rotatable bonds is 5. The molecule has 0 aliphatic carbocycles. The van der Waals surface area contributed by atoms with Crippen LogP contribution < -0.4 is 39.6 Å². The van der Waals surface area contributed by atoms with Gasteiger partial charge in [-0.1, -0.05) is 42.2 Å². The minimum Gasteiger partial charge on any atom is -0.873 e. The maximum absolute atomic E-state index is 14.1. The van der Waals surface area contributed by atoms with E-state index in [0.29, 0.717) is 0 Å². The number of likely N-dealkylation sites (tertiary alicyclic amines) is 1. The molecule has 10 heteroatoms. The molecule has 4 rings (SSSR count). The summed E-state index contributed by atoms with van der Waals surface area (Å²) in [5, 5.41) is 13.6. The molecule has 0 unspecified atom stereocenters. The van der Waals surface area contributed by atoms with Crippen LogP contribution in [0.3, 0.4) is 0 Å². The number of amides is 2. The van der Waals surface area contributed by atoms with Gasteiger partial charge < -0.3 is 19.5 Å². The van der Waals surface area contributed by atoms with Crippen LogP contribution in [0.2, 0.25) is 0 Å². The fraction of sp³-hybridized carbons (Fsp3) is 0.346. The Morgan fingerprint density at radius 2 is 1.86 bits per heavy atom.